The van der Waals surface area contributed by atoms with Crippen LogP contribution < -0.4 is 5.73 Å². The molecule has 1 saturated carbocycles. The molecule has 2 rings (SSSR count). The van der Waals surface area contributed by atoms with E-state index < -0.39 is 17.6 Å². The van der Waals surface area contributed by atoms with Crippen LogP contribution in [0.3, 0.4) is 0 Å². The van der Waals surface area contributed by atoms with Gasteiger partial charge in [0, 0.05) is 5.75 Å². The second-order valence-corrected chi connectivity index (χ2v) is 5.63. The summed E-state index contributed by atoms with van der Waals surface area (Å²) in [4.78, 5) is 24.7. The Hall–Kier alpha value is -0.750. The Labute approximate surface area is 98.4 Å². The zero-order valence-electron chi connectivity index (χ0n) is 9.18. The van der Waals surface area contributed by atoms with Crippen LogP contribution >= 0.6 is 11.8 Å². The van der Waals surface area contributed by atoms with Crippen LogP contribution in [0.15, 0.2) is 0 Å². The number of aliphatic carboxylic acids is 1. The fourth-order valence-electron chi connectivity index (χ4n) is 1.95. The molecule has 2 unspecified atom stereocenters. The fraction of sp³-hybridized carbons (Fsp3) is 0.800. The molecule has 90 valence electrons. The number of amides is 1. The normalized spacial score (nSPS) is 31.5. The number of nitrogens with two attached hydrogens (primary N) is 1. The minimum Gasteiger partial charge on any atom is -0.480 e. The van der Waals surface area contributed by atoms with Crippen molar-refractivity contribution in [2.24, 2.45) is 5.73 Å². The van der Waals surface area contributed by atoms with Crippen LogP contribution in [0.5, 0.6) is 0 Å². The van der Waals surface area contributed by atoms with Gasteiger partial charge in [0.15, 0.2) is 0 Å². The topological polar surface area (TPSA) is 83.6 Å². The average Bonchev–Trinajstić information content (AvgIpc) is 2.84. The maximum Gasteiger partial charge on any atom is 0.327 e. The molecule has 0 aromatic carbocycles. The summed E-state index contributed by atoms with van der Waals surface area (Å²) in [5, 5.41) is 9.05. The van der Waals surface area contributed by atoms with E-state index in [4.69, 9.17) is 10.8 Å². The minimum absolute atomic E-state index is 0.0328. The van der Waals surface area contributed by atoms with Crippen LogP contribution in [0.2, 0.25) is 0 Å². The van der Waals surface area contributed by atoms with Crippen molar-refractivity contribution < 1.29 is 14.7 Å². The second kappa shape index (κ2) is 3.92. The highest BCUT2D eigenvalue weighted by atomic mass is 32.2. The highest BCUT2D eigenvalue weighted by Crippen LogP contribution is 2.40. The summed E-state index contributed by atoms with van der Waals surface area (Å²) < 4.78 is 0. The molecule has 2 aliphatic rings. The van der Waals surface area contributed by atoms with Crippen LogP contribution in [0, 0.1) is 0 Å². The van der Waals surface area contributed by atoms with Gasteiger partial charge in [-0.05, 0) is 19.3 Å². The van der Waals surface area contributed by atoms with Crippen molar-refractivity contribution in [2.45, 2.75) is 43.1 Å². The first kappa shape index (κ1) is 11.7. The van der Waals surface area contributed by atoms with Crippen LogP contribution in [0.25, 0.3) is 0 Å². The molecule has 6 heteroatoms. The largest absolute Gasteiger partial charge is 0.480 e. The van der Waals surface area contributed by atoms with Crippen LogP contribution in [0.4, 0.5) is 0 Å². The number of nitrogens with zero attached hydrogens (tertiary/aromatic N) is 1. The standard InChI is InChI=1S/C10H16N2O3S/c1-2-7-12(6(5-16-7)8(13)14)9(15)10(11)3-4-10/h6-7H,2-5,11H2,1H3,(H,13,14). The molecule has 2 fully saturated rings. The Bertz CT molecular complexity index is 330. The van der Waals surface area contributed by atoms with Crippen LogP contribution in [-0.4, -0.2) is 44.6 Å². The average molecular weight is 244 g/mol. The number of rotatable bonds is 3. The quantitative estimate of drug-likeness (QED) is 0.743. The Balaban J connectivity index is 2.19. The van der Waals surface area contributed by atoms with E-state index in [2.05, 4.69) is 0 Å². The van der Waals surface area contributed by atoms with E-state index in [1.807, 2.05) is 6.92 Å². The monoisotopic (exact) mass is 244 g/mol. The van der Waals surface area contributed by atoms with E-state index in [1.54, 1.807) is 0 Å². The molecular weight excluding hydrogens is 228 g/mol. The third kappa shape index (κ3) is 1.80. The highest BCUT2D eigenvalue weighted by molar-refractivity contribution is 8.00. The SMILES string of the molecule is CCC1SCC(C(=O)O)N1C(=O)C1(N)CC1. The van der Waals surface area contributed by atoms with Crippen molar-refractivity contribution in [3.63, 3.8) is 0 Å². The van der Waals surface area contributed by atoms with Gasteiger partial charge in [0.05, 0.1) is 10.9 Å². The maximum absolute atomic E-state index is 12.1. The summed E-state index contributed by atoms with van der Waals surface area (Å²) in [7, 11) is 0. The fourth-order valence-corrected chi connectivity index (χ4v) is 3.29. The molecular formula is C10H16N2O3S. The van der Waals surface area contributed by atoms with E-state index in [0.29, 0.717) is 18.6 Å². The lowest BCUT2D eigenvalue weighted by atomic mass is 10.2. The molecule has 0 aromatic heterocycles. The van der Waals surface area contributed by atoms with Gasteiger partial charge in [-0.25, -0.2) is 4.79 Å². The molecule has 5 nitrogen and oxygen atoms in total. The van der Waals surface area contributed by atoms with Gasteiger partial charge in [-0.3, -0.25) is 4.79 Å². The van der Waals surface area contributed by atoms with E-state index in [1.165, 1.54) is 16.7 Å². The highest BCUT2D eigenvalue weighted by Gasteiger charge is 2.53. The second-order valence-electron chi connectivity index (χ2n) is 4.42. The Morgan fingerprint density at radius 2 is 2.19 bits per heavy atom. The summed E-state index contributed by atoms with van der Waals surface area (Å²) in [5.74, 6) is -0.645. The van der Waals surface area contributed by atoms with Gasteiger partial charge < -0.3 is 15.7 Å². The number of carboxylic acid groups (broad SMARTS) is 1. The summed E-state index contributed by atoms with van der Waals surface area (Å²) in [6.07, 6.45) is 2.11. The van der Waals surface area contributed by atoms with Gasteiger partial charge in [-0.15, -0.1) is 11.8 Å². The summed E-state index contributed by atoms with van der Waals surface area (Å²) in [6.45, 7) is 1.96. The lowest BCUT2D eigenvalue weighted by Gasteiger charge is -2.29. The van der Waals surface area contributed by atoms with Gasteiger partial charge in [-0.2, -0.15) is 0 Å². The number of hydrogen-bond donors (Lipinski definition) is 2. The van der Waals surface area contributed by atoms with Gasteiger partial charge >= 0.3 is 5.97 Å². The first-order chi connectivity index (χ1) is 7.49. The third-order valence-corrected chi connectivity index (χ3v) is 4.63. The molecule has 1 heterocycles. The van der Waals surface area contributed by atoms with Crippen molar-refractivity contribution >= 4 is 23.6 Å². The predicted molar refractivity (Wildman–Crippen MR) is 61.0 cm³/mol. The molecule has 1 amide bonds. The molecule has 1 aliphatic carbocycles. The first-order valence-electron chi connectivity index (χ1n) is 5.45. The minimum atomic E-state index is -0.930. The van der Waals surface area contributed by atoms with Gasteiger partial charge in [-0.1, -0.05) is 6.92 Å². The molecule has 0 spiro atoms. The summed E-state index contributed by atoms with van der Waals surface area (Å²) in [5.41, 5.74) is 5.08. The zero-order valence-corrected chi connectivity index (χ0v) is 10.00. The van der Waals surface area contributed by atoms with Gasteiger partial charge in [0.25, 0.3) is 0 Å². The molecule has 1 saturated heterocycles. The summed E-state index contributed by atoms with van der Waals surface area (Å²) >= 11 is 1.53. The predicted octanol–water partition coefficient (Wildman–Crippen LogP) is 0.242. The molecule has 0 radical (unpaired) electrons. The van der Waals surface area contributed by atoms with Gasteiger partial charge in [0.1, 0.15) is 6.04 Å². The number of thioether (sulfide) groups is 1. The van der Waals surface area contributed by atoms with Crippen molar-refractivity contribution in [2.75, 3.05) is 5.75 Å². The van der Waals surface area contributed by atoms with Crippen molar-refractivity contribution in [1.82, 2.24) is 4.90 Å². The van der Waals surface area contributed by atoms with Crippen molar-refractivity contribution in [1.29, 1.82) is 0 Å². The van der Waals surface area contributed by atoms with Crippen molar-refractivity contribution in [3.8, 4) is 0 Å². The number of hydrogen-bond acceptors (Lipinski definition) is 4. The van der Waals surface area contributed by atoms with Crippen LogP contribution in [0.1, 0.15) is 26.2 Å². The van der Waals surface area contributed by atoms with Crippen molar-refractivity contribution in [3.05, 3.63) is 0 Å². The molecule has 2 atom stereocenters. The lowest BCUT2D eigenvalue weighted by Crippen LogP contribution is -2.53. The van der Waals surface area contributed by atoms with E-state index in [9.17, 15) is 9.59 Å². The molecule has 0 aromatic rings. The number of carbonyl (C=O) groups excluding carboxylic acids is 1. The zero-order chi connectivity index (χ0) is 11.9. The maximum atomic E-state index is 12.1. The lowest BCUT2D eigenvalue weighted by molar-refractivity contribution is -0.150. The van der Waals surface area contributed by atoms with E-state index >= 15 is 0 Å². The molecule has 0 bridgehead atoms. The molecule has 1 aliphatic heterocycles. The summed E-state index contributed by atoms with van der Waals surface area (Å²) in [6, 6.07) is -0.705. The Morgan fingerprint density at radius 1 is 1.56 bits per heavy atom. The third-order valence-electron chi connectivity index (χ3n) is 3.18. The van der Waals surface area contributed by atoms with Gasteiger partial charge in [0.2, 0.25) is 5.91 Å². The number of carboxylic acids is 1. The Kier molecular flexibility index (Phi) is 2.88. The smallest absolute Gasteiger partial charge is 0.327 e. The molecule has 3 N–H and O–H groups in total. The number of carbonyl (C=O) groups is 2. The van der Waals surface area contributed by atoms with E-state index in [0.717, 1.165) is 6.42 Å². The van der Waals surface area contributed by atoms with E-state index in [-0.39, 0.29) is 11.3 Å². The molecule has 16 heavy (non-hydrogen) atoms. The first-order valence-corrected chi connectivity index (χ1v) is 6.50. The Morgan fingerprint density at radius 3 is 2.62 bits per heavy atom. The van der Waals surface area contributed by atoms with Crippen LogP contribution in [-0.2, 0) is 9.59 Å².